The zero-order valence-corrected chi connectivity index (χ0v) is 12.8. The van der Waals surface area contributed by atoms with Crippen LogP contribution < -0.4 is 0 Å². The molecule has 2 N–H and O–H groups in total. The summed E-state index contributed by atoms with van der Waals surface area (Å²) in [6.07, 6.45) is 0. The summed E-state index contributed by atoms with van der Waals surface area (Å²) in [5.74, 6) is 0.746. The maximum absolute atomic E-state index is 10.0. The molecular formula is C17H12N4OS. The van der Waals surface area contributed by atoms with E-state index in [4.69, 9.17) is 12.2 Å². The summed E-state index contributed by atoms with van der Waals surface area (Å²) in [6, 6.07) is 18.8. The van der Waals surface area contributed by atoms with Crippen LogP contribution in [-0.2, 0) is 0 Å². The van der Waals surface area contributed by atoms with E-state index in [1.807, 2.05) is 53.1 Å². The van der Waals surface area contributed by atoms with Crippen molar-refractivity contribution in [3.05, 3.63) is 65.4 Å². The van der Waals surface area contributed by atoms with Gasteiger partial charge in [0.05, 0.1) is 5.69 Å². The van der Waals surface area contributed by atoms with Crippen LogP contribution in [0.1, 0.15) is 0 Å². The highest BCUT2D eigenvalue weighted by atomic mass is 32.1. The number of phenolic OH excluding ortho intramolecular Hbond substituents is 1. The Morgan fingerprint density at radius 2 is 1.78 bits per heavy atom. The van der Waals surface area contributed by atoms with Crippen molar-refractivity contribution in [2.24, 2.45) is 0 Å². The van der Waals surface area contributed by atoms with Gasteiger partial charge in [-0.05, 0) is 36.5 Å². The van der Waals surface area contributed by atoms with Gasteiger partial charge in [0.1, 0.15) is 17.0 Å². The molecule has 0 saturated carbocycles. The summed E-state index contributed by atoms with van der Waals surface area (Å²) in [5, 5.41) is 18.0. The third-order valence-electron chi connectivity index (χ3n) is 3.61. The largest absolute Gasteiger partial charge is 0.506 e. The quantitative estimate of drug-likeness (QED) is 0.551. The number of aromatic amines is 1. The molecule has 5 nitrogen and oxygen atoms in total. The van der Waals surface area contributed by atoms with Crippen LogP contribution in [-0.4, -0.2) is 24.9 Å². The first-order valence-electron chi connectivity index (χ1n) is 7.06. The zero-order valence-electron chi connectivity index (χ0n) is 12.0. The van der Waals surface area contributed by atoms with Crippen molar-refractivity contribution in [3.8, 4) is 23.0 Å². The van der Waals surface area contributed by atoms with Gasteiger partial charge in [-0.2, -0.15) is 5.10 Å². The minimum atomic E-state index is 0.143. The molecule has 4 aromatic rings. The lowest BCUT2D eigenvalue weighted by molar-refractivity contribution is 0.480. The molecule has 0 unspecified atom stereocenters. The van der Waals surface area contributed by atoms with Gasteiger partial charge in [0.2, 0.25) is 0 Å². The van der Waals surface area contributed by atoms with E-state index in [1.54, 1.807) is 12.1 Å². The molecule has 0 aliphatic rings. The number of aromatic hydroxyl groups is 1. The van der Waals surface area contributed by atoms with E-state index in [0.29, 0.717) is 21.8 Å². The van der Waals surface area contributed by atoms with Crippen molar-refractivity contribution < 1.29 is 5.11 Å². The fourth-order valence-electron chi connectivity index (χ4n) is 2.54. The van der Waals surface area contributed by atoms with Crippen molar-refractivity contribution >= 4 is 23.1 Å². The molecule has 0 aliphatic heterocycles. The summed E-state index contributed by atoms with van der Waals surface area (Å²) in [7, 11) is 0. The van der Waals surface area contributed by atoms with E-state index in [1.165, 1.54) is 0 Å². The summed E-state index contributed by atoms with van der Waals surface area (Å²) >= 11 is 5.34. The molecule has 0 spiro atoms. The van der Waals surface area contributed by atoms with Crippen LogP contribution in [0.2, 0.25) is 0 Å². The molecule has 6 heteroatoms. The molecule has 0 bridgehead atoms. The van der Waals surface area contributed by atoms with Crippen molar-refractivity contribution in [3.63, 3.8) is 0 Å². The van der Waals surface area contributed by atoms with Crippen LogP contribution >= 0.6 is 12.2 Å². The lowest BCUT2D eigenvalue weighted by atomic mass is 10.2. The van der Waals surface area contributed by atoms with Crippen LogP contribution in [0.4, 0.5) is 0 Å². The Morgan fingerprint density at radius 1 is 0.957 bits per heavy atom. The predicted molar refractivity (Wildman–Crippen MR) is 91.2 cm³/mol. The lowest BCUT2D eigenvalue weighted by Crippen LogP contribution is -1.99. The van der Waals surface area contributed by atoms with Crippen LogP contribution in [0.3, 0.4) is 0 Å². The number of hydrogen-bond acceptors (Lipinski definition) is 4. The average molecular weight is 320 g/mol. The second-order valence-corrected chi connectivity index (χ2v) is 5.46. The first-order chi connectivity index (χ1) is 11.2. The third kappa shape index (κ3) is 2.29. The average Bonchev–Trinajstić information content (AvgIpc) is 2.97. The number of rotatable bonds is 2. The van der Waals surface area contributed by atoms with Gasteiger partial charge >= 0.3 is 0 Å². The maximum atomic E-state index is 10.0. The molecule has 0 aliphatic carbocycles. The summed E-state index contributed by atoms with van der Waals surface area (Å²) in [5.41, 5.74) is 2.08. The van der Waals surface area contributed by atoms with Crippen molar-refractivity contribution in [1.29, 1.82) is 0 Å². The number of fused-ring (bicyclic) bond motifs is 1. The first kappa shape index (κ1) is 13.7. The van der Waals surface area contributed by atoms with Gasteiger partial charge in [-0.15, -0.1) is 0 Å². The number of nitrogens with one attached hydrogen (secondary N) is 1. The fourth-order valence-corrected chi connectivity index (χ4v) is 2.78. The molecule has 2 heterocycles. The molecule has 0 saturated heterocycles. The minimum absolute atomic E-state index is 0.143. The highest BCUT2D eigenvalue weighted by Crippen LogP contribution is 2.26. The lowest BCUT2D eigenvalue weighted by Gasteiger charge is -2.07. The van der Waals surface area contributed by atoms with Crippen LogP contribution in [0.5, 0.6) is 5.75 Å². The number of hydrogen-bond donors (Lipinski definition) is 2. The van der Waals surface area contributed by atoms with Crippen molar-refractivity contribution in [1.82, 2.24) is 19.7 Å². The Balaban J connectivity index is 1.96. The highest BCUT2D eigenvalue weighted by Gasteiger charge is 2.13. The predicted octanol–water partition coefficient (Wildman–Crippen LogP) is 3.85. The Bertz CT molecular complexity index is 1050. The summed E-state index contributed by atoms with van der Waals surface area (Å²) in [6.45, 7) is 0. The number of aromatic nitrogens is 4. The van der Waals surface area contributed by atoms with E-state index in [0.717, 1.165) is 11.1 Å². The zero-order chi connectivity index (χ0) is 15.8. The van der Waals surface area contributed by atoms with Gasteiger partial charge in [0.15, 0.2) is 10.6 Å². The summed E-state index contributed by atoms with van der Waals surface area (Å²) < 4.78 is 2.31. The molecule has 0 radical (unpaired) electrons. The number of benzene rings is 2. The molecule has 112 valence electrons. The van der Waals surface area contributed by atoms with Crippen molar-refractivity contribution in [2.45, 2.75) is 0 Å². The monoisotopic (exact) mass is 320 g/mol. The summed E-state index contributed by atoms with van der Waals surface area (Å²) in [4.78, 5) is 4.54. The van der Waals surface area contributed by atoms with Crippen LogP contribution in [0.15, 0.2) is 60.7 Å². The number of para-hydroxylation sites is 2. The van der Waals surface area contributed by atoms with Gasteiger partial charge in [0, 0.05) is 5.39 Å². The van der Waals surface area contributed by atoms with E-state index in [2.05, 4.69) is 15.2 Å². The standard InChI is InChI=1S/C17H12N4OS/c22-14-8-4-5-11-9-10-13(18-15(11)14)16-19-20-17(23)21(16)12-6-2-1-3-7-12/h1-10,22H,(H,20,23). The van der Waals surface area contributed by atoms with Crippen LogP contribution in [0, 0.1) is 4.77 Å². The van der Waals surface area contributed by atoms with Crippen molar-refractivity contribution in [2.75, 3.05) is 0 Å². The molecule has 0 atom stereocenters. The van der Waals surface area contributed by atoms with Gasteiger partial charge in [-0.3, -0.25) is 9.67 Å². The molecule has 2 aromatic heterocycles. The van der Waals surface area contributed by atoms with E-state index >= 15 is 0 Å². The Kier molecular flexibility index (Phi) is 3.17. The van der Waals surface area contributed by atoms with Gasteiger partial charge in [0.25, 0.3) is 0 Å². The maximum Gasteiger partial charge on any atom is 0.200 e. The Hall–Kier alpha value is -2.99. The Morgan fingerprint density at radius 3 is 2.61 bits per heavy atom. The number of nitrogens with zero attached hydrogens (tertiary/aromatic N) is 3. The van der Waals surface area contributed by atoms with E-state index in [-0.39, 0.29) is 5.75 Å². The molecular weight excluding hydrogens is 308 g/mol. The number of H-pyrrole nitrogens is 1. The van der Waals surface area contributed by atoms with E-state index in [9.17, 15) is 5.11 Å². The number of phenols is 1. The minimum Gasteiger partial charge on any atom is -0.506 e. The van der Waals surface area contributed by atoms with Gasteiger partial charge in [-0.1, -0.05) is 36.4 Å². The highest BCUT2D eigenvalue weighted by molar-refractivity contribution is 7.71. The van der Waals surface area contributed by atoms with E-state index < -0.39 is 0 Å². The number of pyridine rings is 1. The Labute approximate surface area is 136 Å². The molecule has 0 amide bonds. The fraction of sp³-hybridized carbons (Fsp3) is 0. The normalized spacial score (nSPS) is 11.0. The second-order valence-electron chi connectivity index (χ2n) is 5.07. The van der Waals surface area contributed by atoms with Gasteiger partial charge < -0.3 is 5.11 Å². The molecule has 0 fully saturated rings. The first-order valence-corrected chi connectivity index (χ1v) is 7.47. The molecule has 23 heavy (non-hydrogen) atoms. The van der Waals surface area contributed by atoms with Crippen LogP contribution in [0.25, 0.3) is 28.1 Å². The molecule has 4 rings (SSSR count). The smallest absolute Gasteiger partial charge is 0.200 e. The topological polar surface area (TPSA) is 66.7 Å². The second kappa shape index (κ2) is 5.33. The van der Waals surface area contributed by atoms with Gasteiger partial charge in [-0.25, -0.2) is 4.98 Å². The SMILES string of the molecule is Oc1cccc2ccc(-c3n[nH]c(=S)n3-c3ccccc3)nc12. The third-order valence-corrected chi connectivity index (χ3v) is 3.89. The molecule has 2 aromatic carbocycles.